The van der Waals surface area contributed by atoms with Gasteiger partial charge in [0.2, 0.25) is 5.91 Å². The highest BCUT2D eigenvalue weighted by molar-refractivity contribution is 5.72. The maximum absolute atomic E-state index is 11.9. The molecule has 0 atom stereocenters. The number of carbonyl (C=O) groups excluding carboxylic acids is 1. The van der Waals surface area contributed by atoms with E-state index in [4.69, 9.17) is 10.3 Å². The monoisotopic (exact) mass is 328 g/mol. The van der Waals surface area contributed by atoms with Crippen LogP contribution in [0.25, 0.3) is 16.8 Å². The van der Waals surface area contributed by atoms with Crippen LogP contribution in [0.3, 0.4) is 0 Å². The van der Waals surface area contributed by atoms with Crippen LogP contribution in [0.15, 0.2) is 46.0 Å². The highest BCUT2D eigenvalue weighted by Crippen LogP contribution is 2.18. The van der Waals surface area contributed by atoms with E-state index >= 15 is 0 Å². The van der Waals surface area contributed by atoms with Gasteiger partial charge in [-0.1, -0.05) is 17.3 Å². The first-order valence-electron chi connectivity index (χ1n) is 7.24. The Balaban J connectivity index is 1.83. The van der Waals surface area contributed by atoms with Crippen LogP contribution in [-0.2, 0) is 18.0 Å². The molecule has 2 aromatic heterocycles. The zero-order valence-electron chi connectivity index (χ0n) is 13.0. The maximum atomic E-state index is 11.9. The first kappa shape index (κ1) is 15.7. The van der Waals surface area contributed by atoms with Crippen LogP contribution < -0.4 is 16.7 Å². The number of benzene rings is 1. The molecule has 0 aliphatic carbocycles. The molecule has 1 aromatic carbocycles. The van der Waals surface area contributed by atoms with Crippen molar-refractivity contribution < 1.29 is 9.32 Å². The first-order chi connectivity index (χ1) is 11.6. The van der Waals surface area contributed by atoms with Gasteiger partial charge < -0.3 is 15.6 Å². The number of carbonyl (C=O) groups is 1. The first-order valence-corrected chi connectivity index (χ1v) is 7.24. The van der Waals surface area contributed by atoms with Gasteiger partial charge in [0.25, 0.3) is 0 Å². The Morgan fingerprint density at radius 2 is 2.04 bits per heavy atom. The summed E-state index contributed by atoms with van der Waals surface area (Å²) >= 11 is 0. The molecule has 0 unspecified atom stereocenters. The molecule has 0 aliphatic rings. The summed E-state index contributed by atoms with van der Waals surface area (Å²) in [7, 11) is 0. The fourth-order valence-electron chi connectivity index (χ4n) is 2.15. The second-order valence-electron chi connectivity index (χ2n) is 5.14. The molecule has 3 N–H and O–H groups in total. The van der Waals surface area contributed by atoms with Gasteiger partial charge >= 0.3 is 5.63 Å². The van der Waals surface area contributed by atoms with E-state index in [1.807, 2.05) is 12.1 Å². The second kappa shape index (κ2) is 6.50. The minimum atomic E-state index is -0.473. The Morgan fingerprint density at radius 1 is 1.29 bits per heavy atom. The molecule has 124 valence electrons. The summed E-state index contributed by atoms with van der Waals surface area (Å²) < 4.78 is 7.94. The van der Waals surface area contributed by atoms with Crippen LogP contribution in [0, 0.1) is 0 Å². The standard InChI is InChI=1S/C15H16N6O3/c1-10(22)17-9-20-8-14(15(23)24-20)11-2-4-13(5-3-11)21-7-12(6-16)18-19-21/h2-5,7-8H,6,9,16H2,1H3,(H,17,22). The van der Waals surface area contributed by atoms with Crippen molar-refractivity contribution in [1.29, 1.82) is 0 Å². The zero-order chi connectivity index (χ0) is 17.1. The molecule has 9 heteroatoms. The van der Waals surface area contributed by atoms with E-state index in [9.17, 15) is 9.59 Å². The van der Waals surface area contributed by atoms with Crippen LogP contribution in [0.5, 0.6) is 0 Å². The van der Waals surface area contributed by atoms with Gasteiger partial charge in [-0.2, -0.15) is 4.74 Å². The van der Waals surface area contributed by atoms with Gasteiger partial charge in [-0.25, -0.2) is 9.48 Å². The van der Waals surface area contributed by atoms with Gasteiger partial charge in [-0.15, -0.1) is 5.10 Å². The Labute approximate surface area is 136 Å². The molecule has 2 heterocycles. The number of aromatic nitrogens is 4. The summed E-state index contributed by atoms with van der Waals surface area (Å²) in [6.07, 6.45) is 3.29. The van der Waals surface area contributed by atoms with Crippen molar-refractivity contribution in [2.75, 3.05) is 0 Å². The maximum Gasteiger partial charge on any atom is 0.365 e. The quantitative estimate of drug-likeness (QED) is 0.692. The van der Waals surface area contributed by atoms with Gasteiger partial charge in [0, 0.05) is 13.5 Å². The van der Waals surface area contributed by atoms with E-state index in [1.54, 1.807) is 29.2 Å². The Morgan fingerprint density at radius 3 is 2.67 bits per heavy atom. The van der Waals surface area contributed by atoms with E-state index in [1.165, 1.54) is 11.7 Å². The summed E-state index contributed by atoms with van der Waals surface area (Å²) in [6.45, 7) is 1.81. The molecule has 9 nitrogen and oxygen atoms in total. The van der Waals surface area contributed by atoms with Crippen molar-refractivity contribution in [1.82, 2.24) is 25.1 Å². The Bertz CT molecular complexity index is 906. The molecule has 0 radical (unpaired) electrons. The number of nitrogens with one attached hydrogen (secondary N) is 1. The van der Waals surface area contributed by atoms with Crippen LogP contribution in [0.2, 0.25) is 0 Å². The molecule has 0 saturated carbocycles. The fraction of sp³-hybridized carbons (Fsp3) is 0.200. The van der Waals surface area contributed by atoms with Gasteiger partial charge in [0.15, 0.2) is 0 Å². The number of nitrogens with two attached hydrogens (primary N) is 1. The lowest BCUT2D eigenvalue weighted by Gasteiger charge is -2.01. The number of amides is 1. The average Bonchev–Trinajstić information content (AvgIpc) is 3.19. The third kappa shape index (κ3) is 3.25. The van der Waals surface area contributed by atoms with Crippen LogP contribution in [0.4, 0.5) is 0 Å². The lowest BCUT2D eigenvalue weighted by Crippen LogP contribution is -2.22. The van der Waals surface area contributed by atoms with Gasteiger partial charge in [-0.3, -0.25) is 4.79 Å². The third-order valence-corrected chi connectivity index (χ3v) is 3.37. The van der Waals surface area contributed by atoms with E-state index in [2.05, 4.69) is 15.6 Å². The Kier molecular flexibility index (Phi) is 4.25. The van der Waals surface area contributed by atoms with Crippen molar-refractivity contribution >= 4 is 5.91 Å². The van der Waals surface area contributed by atoms with Gasteiger partial charge in [0.05, 0.1) is 29.3 Å². The van der Waals surface area contributed by atoms with E-state index in [0.717, 1.165) is 5.69 Å². The predicted molar refractivity (Wildman–Crippen MR) is 85.0 cm³/mol. The molecule has 0 bridgehead atoms. The highest BCUT2D eigenvalue weighted by Gasteiger charge is 2.10. The number of hydrogen-bond donors (Lipinski definition) is 2. The molecule has 0 saturated heterocycles. The largest absolute Gasteiger partial charge is 0.365 e. The SMILES string of the molecule is CC(=O)NCn1cc(-c2ccc(-n3cc(CN)nn3)cc2)c(=O)o1. The van der Waals surface area contributed by atoms with Crippen molar-refractivity contribution in [2.45, 2.75) is 20.1 Å². The topological polar surface area (TPSA) is 121 Å². The summed E-state index contributed by atoms with van der Waals surface area (Å²) in [5.74, 6) is -0.207. The lowest BCUT2D eigenvalue weighted by atomic mass is 10.1. The minimum Gasteiger partial charge on any atom is -0.336 e. The van der Waals surface area contributed by atoms with Gasteiger partial charge in [0.1, 0.15) is 6.67 Å². The highest BCUT2D eigenvalue weighted by atomic mass is 16.5. The number of rotatable bonds is 5. The third-order valence-electron chi connectivity index (χ3n) is 3.37. The zero-order valence-corrected chi connectivity index (χ0v) is 13.0. The Hall–Kier alpha value is -3.20. The summed E-state index contributed by atoms with van der Waals surface area (Å²) in [4.78, 5) is 22.8. The van der Waals surface area contributed by atoms with Crippen molar-refractivity contribution in [3.05, 3.63) is 52.8 Å². The molecule has 3 aromatic rings. The van der Waals surface area contributed by atoms with Crippen LogP contribution in [0.1, 0.15) is 12.6 Å². The van der Waals surface area contributed by atoms with E-state index in [-0.39, 0.29) is 12.6 Å². The van der Waals surface area contributed by atoms with Crippen LogP contribution in [-0.4, -0.2) is 25.6 Å². The average molecular weight is 328 g/mol. The second-order valence-corrected chi connectivity index (χ2v) is 5.14. The summed E-state index contributed by atoms with van der Waals surface area (Å²) in [5, 5.41) is 10.5. The molecular formula is C15H16N6O3. The summed E-state index contributed by atoms with van der Waals surface area (Å²) in [6, 6.07) is 7.20. The fourth-order valence-corrected chi connectivity index (χ4v) is 2.15. The minimum absolute atomic E-state index is 0.101. The smallest absolute Gasteiger partial charge is 0.336 e. The van der Waals surface area contributed by atoms with Crippen molar-refractivity contribution in [2.24, 2.45) is 5.73 Å². The number of nitrogens with zero attached hydrogens (tertiary/aromatic N) is 4. The molecular weight excluding hydrogens is 312 g/mol. The molecule has 1 amide bonds. The lowest BCUT2D eigenvalue weighted by molar-refractivity contribution is -0.119. The predicted octanol–water partition coefficient (Wildman–Crippen LogP) is 0.241. The van der Waals surface area contributed by atoms with E-state index < -0.39 is 5.63 Å². The van der Waals surface area contributed by atoms with E-state index in [0.29, 0.717) is 23.4 Å². The molecule has 0 spiro atoms. The molecule has 0 fully saturated rings. The normalized spacial score (nSPS) is 10.8. The van der Waals surface area contributed by atoms with Crippen LogP contribution >= 0.6 is 0 Å². The van der Waals surface area contributed by atoms with Crippen molar-refractivity contribution in [3.8, 4) is 16.8 Å². The number of hydrogen-bond acceptors (Lipinski definition) is 6. The molecule has 0 aliphatic heterocycles. The summed E-state index contributed by atoms with van der Waals surface area (Å²) in [5.41, 5.74) is 7.64. The molecule has 24 heavy (non-hydrogen) atoms. The molecule has 3 rings (SSSR count). The van der Waals surface area contributed by atoms with Crippen molar-refractivity contribution in [3.63, 3.8) is 0 Å². The van der Waals surface area contributed by atoms with Gasteiger partial charge in [-0.05, 0) is 17.7 Å².